The van der Waals surface area contributed by atoms with Crippen molar-refractivity contribution in [3.8, 4) is 0 Å². The van der Waals surface area contributed by atoms with Gasteiger partial charge in [0.05, 0.1) is 6.67 Å². The van der Waals surface area contributed by atoms with Crippen molar-refractivity contribution in [1.82, 2.24) is 18.9 Å². The third-order valence-corrected chi connectivity index (χ3v) is 7.77. The van der Waals surface area contributed by atoms with Crippen molar-refractivity contribution in [2.75, 3.05) is 19.8 Å². The maximum atomic E-state index is 13.3. The molecule has 6 heteroatoms. The molecule has 31 heavy (non-hydrogen) atoms. The van der Waals surface area contributed by atoms with E-state index in [0.717, 1.165) is 50.2 Å². The van der Waals surface area contributed by atoms with E-state index >= 15 is 0 Å². The number of fused-ring (bicyclic) bond motifs is 6. The quantitative estimate of drug-likeness (QED) is 0.750. The molecule has 0 radical (unpaired) electrons. The molecule has 0 aromatic carbocycles. The minimum atomic E-state index is 0.0662. The van der Waals surface area contributed by atoms with Gasteiger partial charge in [-0.25, -0.2) is 0 Å². The van der Waals surface area contributed by atoms with Crippen LogP contribution in [-0.2, 0) is 38.8 Å². The summed E-state index contributed by atoms with van der Waals surface area (Å²) in [7, 11) is 0. The van der Waals surface area contributed by atoms with Gasteiger partial charge in [-0.05, 0) is 59.8 Å². The normalized spacial score (nSPS) is 23.1. The number of carbonyl (C=O) groups excluding carboxylic acids is 2. The molecule has 0 unspecified atom stereocenters. The van der Waals surface area contributed by atoms with Crippen molar-refractivity contribution in [2.24, 2.45) is 10.8 Å². The van der Waals surface area contributed by atoms with E-state index in [1.165, 1.54) is 22.5 Å². The van der Waals surface area contributed by atoms with Crippen LogP contribution in [-0.4, -0.2) is 50.5 Å². The van der Waals surface area contributed by atoms with Crippen molar-refractivity contribution in [3.63, 3.8) is 0 Å². The minimum Gasteiger partial charge on any atom is -0.339 e. The molecule has 6 nitrogen and oxygen atoms in total. The van der Waals surface area contributed by atoms with Gasteiger partial charge in [0.15, 0.2) is 0 Å². The second-order valence-electron chi connectivity index (χ2n) is 11.6. The topological polar surface area (TPSA) is 50.5 Å². The fourth-order valence-electron chi connectivity index (χ4n) is 6.39. The van der Waals surface area contributed by atoms with Gasteiger partial charge in [-0.3, -0.25) is 9.59 Å². The van der Waals surface area contributed by atoms with Gasteiger partial charge < -0.3 is 18.9 Å². The van der Waals surface area contributed by atoms with Gasteiger partial charge in [-0.1, -0.05) is 27.7 Å². The Labute approximate surface area is 183 Å². The Morgan fingerprint density at radius 2 is 1.10 bits per heavy atom. The van der Waals surface area contributed by atoms with E-state index in [4.69, 9.17) is 0 Å². The molecule has 4 aliphatic rings. The van der Waals surface area contributed by atoms with Crippen LogP contribution in [0.15, 0.2) is 12.1 Å². The molecule has 2 amide bonds. The second-order valence-corrected chi connectivity index (χ2v) is 11.6. The molecule has 0 fully saturated rings. The number of aromatic nitrogens is 2. The van der Waals surface area contributed by atoms with E-state index in [1.54, 1.807) is 0 Å². The van der Waals surface area contributed by atoms with Crippen LogP contribution in [0, 0.1) is 10.8 Å². The molecule has 2 aromatic rings. The van der Waals surface area contributed by atoms with Gasteiger partial charge in [-0.15, -0.1) is 0 Å². The molecule has 164 valence electrons. The Morgan fingerprint density at radius 1 is 0.677 bits per heavy atom. The highest BCUT2D eigenvalue weighted by molar-refractivity contribution is 5.96. The third kappa shape index (κ3) is 2.83. The summed E-state index contributed by atoms with van der Waals surface area (Å²) in [6.45, 7) is 12.6. The number of carbonyl (C=O) groups is 2. The summed E-state index contributed by atoms with van der Waals surface area (Å²) in [5.74, 6) is 0.132. The average molecular weight is 421 g/mol. The zero-order valence-electron chi connectivity index (χ0n) is 19.1. The van der Waals surface area contributed by atoms with Crippen LogP contribution in [0.1, 0.15) is 71.2 Å². The van der Waals surface area contributed by atoms with Crippen molar-refractivity contribution < 1.29 is 9.59 Å². The van der Waals surface area contributed by atoms with Crippen LogP contribution in [0.3, 0.4) is 0 Å². The predicted octanol–water partition coefficient (Wildman–Crippen LogP) is 3.11. The van der Waals surface area contributed by atoms with Crippen molar-refractivity contribution in [2.45, 2.75) is 66.5 Å². The van der Waals surface area contributed by atoms with Crippen LogP contribution < -0.4 is 0 Å². The monoisotopic (exact) mass is 420 g/mol. The van der Waals surface area contributed by atoms with Gasteiger partial charge >= 0.3 is 0 Å². The van der Waals surface area contributed by atoms with Crippen LogP contribution in [0.2, 0.25) is 0 Å². The molecular weight excluding hydrogens is 388 g/mol. The van der Waals surface area contributed by atoms with E-state index in [2.05, 4.69) is 49.0 Å². The van der Waals surface area contributed by atoms with Crippen molar-refractivity contribution in [1.29, 1.82) is 0 Å². The fourth-order valence-corrected chi connectivity index (χ4v) is 6.39. The largest absolute Gasteiger partial charge is 0.339 e. The summed E-state index contributed by atoms with van der Waals surface area (Å²) >= 11 is 0. The number of nitrogens with zero attached hydrogens (tertiary/aromatic N) is 4. The molecule has 6 rings (SSSR count). The summed E-state index contributed by atoms with van der Waals surface area (Å²) < 4.78 is 4.47. The maximum Gasteiger partial charge on any atom is 0.271 e. The molecule has 0 saturated heterocycles. The molecule has 0 atom stereocenters. The van der Waals surface area contributed by atoms with E-state index < -0.39 is 0 Å². The fraction of sp³-hybridized carbons (Fsp3) is 0.600. The zero-order valence-corrected chi connectivity index (χ0v) is 19.1. The highest BCUT2D eigenvalue weighted by Gasteiger charge is 2.39. The average Bonchev–Trinajstić information content (AvgIpc) is 3.35. The first-order valence-corrected chi connectivity index (χ1v) is 11.6. The van der Waals surface area contributed by atoms with Crippen molar-refractivity contribution in [3.05, 3.63) is 46.0 Å². The lowest BCUT2D eigenvalue weighted by Crippen LogP contribution is -2.51. The molecule has 0 bridgehead atoms. The lowest BCUT2D eigenvalue weighted by atomic mass is 9.90. The molecule has 4 heterocycles. The van der Waals surface area contributed by atoms with Gasteiger partial charge in [-0.2, -0.15) is 0 Å². The molecular formula is C25H32N4O2. The molecule has 2 aliphatic carbocycles. The van der Waals surface area contributed by atoms with Crippen LogP contribution in [0.5, 0.6) is 0 Å². The van der Waals surface area contributed by atoms with E-state index in [-0.39, 0.29) is 22.6 Å². The number of hydrogen-bond acceptors (Lipinski definition) is 2. The maximum absolute atomic E-state index is 13.3. The Hall–Kier alpha value is -2.50. The Morgan fingerprint density at radius 3 is 1.52 bits per heavy atom. The van der Waals surface area contributed by atoms with E-state index in [1.807, 2.05) is 9.80 Å². The highest BCUT2D eigenvalue weighted by atomic mass is 16.2. The molecule has 0 saturated carbocycles. The SMILES string of the molecule is CC1(C)Cc2cc3n(c2C1)CCN(CN1CCn2c(cc4c2CC(C)(C)C4)C1=O)C3=O. The second kappa shape index (κ2) is 6.05. The van der Waals surface area contributed by atoms with Gasteiger partial charge in [0.25, 0.3) is 11.8 Å². The molecule has 2 aliphatic heterocycles. The van der Waals surface area contributed by atoms with Gasteiger partial charge in [0.2, 0.25) is 0 Å². The number of rotatable bonds is 2. The van der Waals surface area contributed by atoms with Crippen LogP contribution >= 0.6 is 0 Å². The Kier molecular flexibility index (Phi) is 3.75. The minimum absolute atomic E-state index is 0.0662. The first-order valence-electron chi connectivity index (χ1n) is 11.6. The summed E-state index contributed by atoms with van der Waals surface area (Å²) in [5, 5.41) is 0. The predicted molar refractivity (Wildman–Crippen MR) is 118 cm³/mol. The highest BCUT2D eigenvalue weighted by Crippen LogP contribution is 2.40. The lowest BCUT2D eigenvalue weighted by molar-refractivity contribution is 0.0447. The standard InChI is InChI=1S/C25H32N4O2/c1-24(2)11-16-9-18-22(30)26(5-7-28(18)20(16)13-24)15-27-6-8-29-19(23(27)31)10-17-12-25(3,4)14-21(17)29/h9-10H,5-8,11-15H2,1-4H3. The number of amides is 2. The zero-order chi connectivity index (χ0) is 21.7. The summed E-state index contributed by atoms with van der Waals surface area (Å²) in [4.78, 5) is 30.2. The van der Waals surface area contributed by atoms with E-state index in [9.17, 15) is 9.59 Å². The number of hydrogen-bond donors (Lipinski definition) is 0. The smallest absolute Gasteiger partial charge is 0.271 e. The summed E-state index contributed by atoms with van der Waals surface area (Å²) in [5.41, 5.74) is 7.55. The van der Waals surface area contributed by atoms with Crippen LogP contribution in [0.25, 0.3) is 0 Å². The van der Waals surface area contributed by atoms with Gasteiger partial charge in [0.1, 0.15) is 11.4 Å². The van der Waals surface area contributed by atoms with E-state index in [0.29, 0.717) is 19.8 Å². The Bertz CT molecular complexity index is 1040. The van der Waals surface area contributed by atoms with Crippen LogP contribution in [0.4, 0.5) is 0 Å². The third-order valence-electron chi connectivity index (χ3n) is 7.77. The lowest BCUT2D eigenvalue weighted by Gasteiger charge is -2.36. The summed E-state index contributed by atoms with van der Waals surface area (Å²) in [6, 6.07) is 4.21. The molecule has 2 aromatic heterocycles. The summed E-state index contributed by atoms with van der Waals surface area (Å²) in [6.07, 6.45) is 4.16. The Balaban J connectivity index is 1.20. The first kappa shape index (κ1) is 19.2. The van der Waals surface area contributed by atoms with Gasteiger partial charge in [0, 0.05) is 37.6 Å². The molecule has 0 spiro atoms. The first-order chi connectivity index (χ1) is 14.6. The molecule has 0 N–H and O–H groups in total. The van der Waals surface area contributed by atoms with Crippen molar-refractivity contribution >= 4 is 11.8 Å².